The normalized spacial score (nSPS) is 19.2. The van der Waals surface area contributed by atoms with E-state index >= 15 is 0 Å². The van der Waals surface area contributed by atoms with Gasteiger partial charge in [-0.3, -0.25) is 24.1 Å². The van der Waals surface area contributed by atoms with E-state index in [0.29, 0.717) is 53.8 Å². The maximum absolute atomic E-state index is 14.8. The van der Waals surface area contributed by atoms with Gasteiger partial charge < -0.3 is 39.2 Å². The Balaban J connectivity index is 1.17. The summed E-state index contributed by atoms with van der Waals surface area (Å²) in [7, 11) is 6.03. The lowest BCUT2D eigenvalue weighted by Gasteiger charge is -2.45. The molecule has 2 fully saturated rings. The Morgan fingerprint density at radius 2 is 1.70 bits per heavy atom. The number of aromatic nitrogens is 2. The molecular formula is C53H69Cl2N7O7. The van der Waals surface area contributed by atoms with Crippen molar-refractivity contribution in [3.63, 3.8) is 0 Å². The molecule has 2 saturated heterocycles. The number of carbonyl (C=O) groups excluding carboxylic acids is 4. The van der Waals surface area contributed by atoms with Crippen LogP contribution >= 0.6 is 23.2 Å². The van der Waals surface area contributed by atoms with Gasteiger partial charge in [0.1, 0.15) is 34.7 Å². The van der Waals surface area contributed by atoms with Gasteiger partial charge in [0.2, 0.25) is 17.7 Å². The van der Waals surface area contributed by atoms with E-state index in [9.17, 15) is 19.2 Å². The van der Waals surface area contributed by atoms with Crippen LogP contribution < -0.4 is 15.4 Å². The molecule has 69 heavy (non-hydrogen) atoms. The number of carbonyl (C=O) groups is 4. The average Bonchev–Trinajstić information content (AvgIpc) is 3.81. The van der Waals surface area contributed by atoms with Gasteiger partial charge in [0.05, 0.1) is 49.0 Å². The topological polar surface area (TPSA) is 148 Å². The van der Waals surface area contributed by atoms with E-state index in [2.05, 4.69) is 25.1 Å². The van der Waals surface area contributed by atoms with Gasteiger partial charge in [0.15, 0.2) is 0 Å². The molecule has 0 radical (unpaired) electrons. The number of piperidine rings is 1. The zero-order chi connectivity index (χ0) is 50.3. The Kier molecular flexibility index (Phi) is 17.4. The second-order valence-electron chi connectivity index (χ2n) is 20.0. The highest BCUT2D eigenvalue weighted by Crippen LogP contribution is 2.34. The Hall–Kier alpha value is -5.25. The highest BCUT2D eigenvalue weighted by molar-refractivity contribution is 6.31. The number of nitrogens with zero attached hydrogens (tertiary/aromatic N) is 5. The summed E-state index contributed by atoms with van der Waals surface area (Å²) in [5.74, 6) is 0.115. The van der Waals surface area contributed by atoms with Crippen molar-refractivity contribution in [1.82, 2.24) is 34.9 Å². The van der Waals surface area contributed by atoms with Crippen LogP contribution in [0, 0.1) is 5.92 Å². The molecule has 2 aliphatic heterocycles. The van der Waals surface area contributed by atoms with Crippen molar-refractivity contribution < 1.29 is 33.4 Å². The molecule has 0 aliphatic carbocycles. The molecule has 0 saturated carbocycles. The molecule has 3 aromatic carbocycles. The number of nitrogens with one attached hydrogen (secondary N) is 2. The van der Waals surface area contributed by atoms with Crippen LogP contribution in [0.2, 0.25) is 10.0 Å². The van der Waals surface area contributed by atoms with Crippen molar-refractivity contribution in [2.45, 2.75) is 123 Å². The van der Waals surface area contributed by atoms with Crippen LogP contribution in [-0.2, 0) is 55.2 Å². The van der Waals surface area contributed by atoms with Crippen LogP contribution in [0.1, 0.15) is 91.1 Å². The van der Waals surface area contributed by atoms with Gasteiger partial charge in [-0.25, -0.2) is 4.98 Å². The predicted molar refractivity (Wildman–Crippen MR) is 270 cm³/mol. The molecule has 6 rings (SSSR count). The molecular weight excluding hydrogens is 918 g/mol. The SMILES string of the molecule is C/C=C/C[C@H](CC(=O)OC(C)(C)C)C(=O)N1CCC[C@](Cc2ccc(Cl)cc2)(NC(=O)[C@@H]2COC(C)(C)N2C(=O)[C@H](C)NCc2ccc(Cl)cc2Oc2ccc(-c3cnc(CN(C)C)n3C)cc2)C1. The Morgan fingerprint density at radius 1 is 1.00 bits per heavy atom. The fourth-order valence-corrected chi connectivity index (χ4v) is 9.36. The maximum atomic E-state index is 14.8. The molecule has 4 atom stereocenters. The molecule has 2 N–H and O–H groups in total. The van der Waals surface area contributed by atoms with Gasteiger partial charge in [0.25, 0.3) is 0 Å². The van der Waals surface area contributed by atoms with E-state index in [0.717, 1.165) is 34.8 Å². The molecule has 3 amide bonds. The highest BCUT2D eigenvalue weighted by Gasteiger charge is 2.50. The molecule has 4 aromatic rings. The van der Waals surface area contributed by atoms with Crippen molar-refractivity contribution in [2.24, 2.45) is 13.0 Å². The molecule has 0 spiro atoms. The third-order valence-corrected chi connectivity index (χ3v) is 13.0. The molecule has 372 valence electrons. The van der Waals surface area contributed by atoms with Crippen LogP contribution in [0.4, 0.5) is 0 Å². The summed E-state index contributed by atoms with van der Waals surface area (Å²) in [6, 6.07) is 18.9. The third kappa shape index (κ3) is 14.0. The minimum atomic E-state index is -1.11. The molecule has 1 aromatic heterocycles. The lowest BCUT2D eigenvalue weighted by Crippen LogP contribution is -2.65. The van der Waals surface area contributed by atoms with Gasteiger partial charge >= 0.3 is 5.97 Å². The van der Waals surface area contributed by atoms with Crippen molar-refractivity contribution in [1.29, 1.82) is 0 Å². The van der Waals surface area contributed by atoms with Crippen LogP contribution in [0.15, 0.2) is 85.1 Å². The third-order valence-electron chi connectivity index (χ3n) is 12.5. The Bertz CT molecular complexity index is 2470. The highest BCUT2D eigenvalue weighted by atomic mass is 35.5. The summed E-state index contributed by atoms with van der Waals surface area (Å²) in [5, 5.41) is 7.79. The Morgan fingerprint density at radius 3 is 2.36 bits per heavy atom. The van der Waals surface area contributed by atoms with E-state index in [-0.39, 0.29) is 43.8 Å². The summed E-state index contributed by atoms with van der Waals surface area (Å²) in [5.41, 5.74) is 0.954. The fourth-order valence-electron chi connectivity index (χ4n) is 9.07. The average molecular weight is 987 g/mol. The first-order valence-electron chi connectivity index (χ1n) is 23.7. The number of hydrogen-bond acceptors (Lipinski definition) is 10. The Labute approximate surface area is 417 Å². The number of halogens is 2. The summed E-state index contributed by atoms with van der Waals surface area (Å²) in [6.07, 6.45) is 7.48. The van der Waals surface area contributed by atoms with Gasteiger partial charge in [0, 0.05) is 47.9 Å². The number of rotatable bonds is 18. The van der Waals surface area contributed by atoms with Crippen molar-refractivity contribution in [3.05, 3.63) is 112 Å². The van der Waals surface area contributed by atoms with Crippen LogP contribution in [-0.4, -0.2) is 111 Å². The van der Waals surface area contributed by atoms with Crippen molar-refractivity contribution >= 4 is 46.9 Å². The lowest BCUT2D eigenvalue weighted by atomic mass is 9.82. The molecule has 16 heteroatoms. The van der Waals surface area contributed by atoms with E-state index in [1.807, 2.05) is 88.9 Å². The lowest BCUT2D eigenvalue weighted by molar-refractivity contribution is -0.159. The van der Waals surface area contributed by atoms with Crippen molar-refractivity contribution in [2.75, 3.05) is 33.8 Å². The molecule has 0 unspecified atom stereocenters. The minimum Gasteiger partial charge on any atom is -0.460 e. The summed E-state index contributed by atoms with van der Waals surface area (Å²) < 4.78 is 20.3. The predicted octanol–water partition coefficient (Wildman–Crippen LogP) is 8.72. The maximum Gasteiger partial charge on any atom is 0.307 e. The standard InChI is InChI=1S/C53H69Cl2N7O7/c1-11-12-14-38(27-47(63)69-51(3,4)5)50(66)61-26-13-25-53(34-61,29-36-15-20-40(54)21-16-36)58-48(64)44-33-67-52(6,7)62(44)49(65)35(2)56-30-39-17-22-41(55)28-45(39)68-42-23-18-37(19-24-42)43-31-57-46(60(43)10)32-59(8)9/h11-12,15-24,28,31,35,38,44,56H,13-14,25-27,29-30,32-34H2,1-10H3,(H,58,64)/b12-11+/t35-,38+,44-,53+/m0/s1. The number of allylic oxidation sites excluding steroid dienone is 2. The second kappa shape index (κ2) is 22.7. The monoisotopic (exact) mass is 985 g/mol. The molecule has 2 aliphatic rings. The zero-order valence-corrected chi connectivity index (χ0v) is 43.2. The first kappa shape index (κ1) is 53.1. The number of hydrogen-bond donors (Lipinski definition) is 2. The zero-order valence-electron chi connectivity index (χ0n) is 41.7. The van der Waals surface area contributed by atoms with E-state index in [1.165, 1.54) is 4.90 Å². The molecule has 3 heterocycles. The first-order valence-corrected chi connectivity index (χ1v) is 24.4. The van der Waals surface area contributed by atoms with Gasteiger partial charge in [-0.15, -0.1) is 0 Å². The summed E-state index contributed by atoms with van der Waals surface area (Å²) >= 11 is 12.8. The van der Waals surface area contributed by atoms with Crippen LogP contribution in [0.3, 0.4) is 0 Å². The molecule has 14 nitrogen and oxygen atoms in total. The number of imidazole rings is 1. The summed E-state index contributed by atoms with van der Waals surface area (Å²) in [6.45, 7) is 14.2. The van der Waals surface area contributed by atoms with Crippen LogP contribution in [0.25, 0.3) is 11.3 Å². The first-order chi connectivity index (χ1) is 32.6. The summed E-state index contributed by atoms with van der Waals surface area (Å²) in [4.78, 5) is 66.7. The van der Waals surface area contributed by atoms with Crippen molar-refractivity contribution in [3.8, 4) is 22.8 Å². The van der Waals surface area contributed by atoms with Crippen LogP contribution in [0.5, 0.6) is 11.5 Å². The van der Waals surface area contributed by atoms with Gasteiger partial charge in [-0.2, -0.15) is 0 Å². The smallest absolute Gasteiger partial charge is 0.307 e. The van der Waals surface area contributed by atoms with E-state index in [1.54, 1.807) is 70.7 Å². The van der Waals surface area contributed by atoms with E-state index < -0.39 is 40.8 Å². The van der Waals surface area contributed by atoms with Gasteiger partial charge in [-0.1, -0.05) is 53.6 Å². The largest absolute Gasteiger partial charge is 0.460 e. The fraction of sp³-hybridized carbons (Fsp3) is 0.491. The minimum absolute atomic E-state index is 0.0237. The number of likely N-dealkylation sites (tertiary alicyclic amines) is 1. The van der Waals surface area contributed by atoms with Gasteiger partial charge in [-0.05, 0) is 142 Å². The number of amides is 3. The number of benzene rings is 3. The second-order valence-corrected chi connectivity index (χ2v) is 20.9. The molecule has 0 bridgehead atoms. The number of esters is 1. The number of ether oxygens (including phenoxy) is 3. The quantitative estimate of drug-likeness (QED) is 0.0733. The van der Waals surface area contributed by atoms with E-state index in [4.69, 9.17) is 37.4 Å².